The first-order chi connectivity index (χ1) is 19.9. The lowest BCUT2D eigenvalue weighted by Gasteiger charge is -2.38. The Kier molecular flexibility index (Phi) is 10.9. The van der Waals surface area contributed by atoms with Crippen molar-refractivity contribution in [3.8, 4) is 11.5 Å². The number of carbonyl (C=O) groups excluding carboxylic acids is 1. The van der Waals surface area contributed by atoms with E-state index < -0.39 is 31.4 Å². The van der Waals surface area contributed by atoms with Crippen LogP contribution in [0, 0.1) is 11.3 Å². The number of nitrogens with zero attached hydrogens (tertiary/aromatic N) is 2. The first-order valence-corrected chi connectivity index (χ1v) is 14.2. The number of carbonyl (C=O) groups is 2. The highest BCUT2D eigenvalue weighted by molar-refractivity contribution is 7.55. The number of aliphatic carboxylic acids is 1. The maximum Gasteiger partial charge on any atom is 0.490 e. The van der Waals surface area contributed by atoms with Crippen LogP contribution in [0.25, 0.3) is 0 Å². The van der Waals surface area contributed by atoms with Gasteiger partial charge in [-0.2, -0.15) is 13.2 Å². The number of guanidine groups is 1. The smallest absolute Gasteiger partial charge is 0.475 e. The van der Waals surface area contributed by atoms with Gasteiger partial charge in [0.2, 0.25) is 0 Å². The second-order valence-electron chi connectivity index (χ2n) is 9.02. The Labute approximate surface area is 239 Å². The zero-order valence-corrected chi connectivity index (χ0v) is 23.0. The van der Waals surface area contributed by atoms with Crippen LogP contribution in [0.1, 0.15) is 23.2 Å². The average molecular weight is 608 g/mol. The Morgan fingerprint density at radius 3 is 1.90 bits per heavy atom. The predicted molar refractivity (Wildman–Crippen MR) is 147 cm³/mol. The van der Waals surface area contributed by atoms with Crippen molar-refractivity contribution >= 4 is 25.4 Å². The molecule has 0 bridgehead atoms. The molecule has 0 radical (unpaired) electrons. The summed E-state index contributed by atoms with van der Waals surface area (Å²) in [6.07, 6.45) is -0.977. The zero-order chi connectivity index (χ0) is 30.8. The van der Waals surface area contributed by atoms with E-state index in [1.54, 1.807) is 71.8 Å². The fourth-order valence-corrected chi connectivity index (χ4v) is 6.20. The van der Waals surface area contributed by atoms with E-state index in [2.05, 4.69) is 10.3 Å². The first-order valence-electron chi connectivity index (χ1n) is 12.6. The maximum atomic E-state index is 14.6. The normalized spacial score (nSPS) is 14.5. The molecule has 15 heteroatoms. The summed E-state index contributed by atoms with van der Waals surface area (Å²) in [4.78, 5) is 27.8. The lowest BCUT2D eigenvalue weighted by Crippen LogP contribution is -2.49. The summed E-state index contributed by atoms with van der Waals surface area (Å²) in [5.74, 6) is -3.65. The number of piperidine rings is 1. The Balaban J connectivity index is 0.000000616. The van der Waals surface area contributed by atoms with Crippen molar-refractivity contribution < 1.29 is 41.5 Å². The standard InChI is InChI=1S/C25H28N5O4P.C2HF3O2/c26-25(27)30-16-13-19(14-17-30)24(29-23(31)20-8-7-15-28-18-20)35(32,33-21-9-3-1-4-10-21)34-22-11-5-2-6-12-22;3-2(4,5)1(6)7/h1-12,15,18-19,24H,13-14,16-17H2,(H3,26,27)(H,29,31);(H,6,7). The van der Waals surface area contributed by atoms with Gasteiger partial charge in [0.15, 0.2) is 11.7 Å². The number of halogens is 3. The molecule has 42 heavy (non-hydrogen) atoms. The third-order valence-corrected chi connectivity index (χ3v) is 8.23. The quantitative estimate of drug-likeness (QED) is 0.161. The van der Waals surface area contributed by atoms with Crippen molar-refractivity contribution in [2.24, 2.45) is 11.7 Å². The van der Waals surface area contributed by atoms with Crippen molar-refractivity contribution in [2.45, 2.75) is 24.8 Å². The van der Waals surface area contributed by atoms with Crippen molar-refractivity contribution in [1.82, 2.24) is 15.2 Å². The average Bonchev–Trinajstić information content (AvgIpc) is 2.97. The van der Waals surface area contributed by atoms with Crippen LogP contribution in [-0.4, -0.2) is 57.9 Å². The van der Waals surface area contributed by atoms with Crippen LogP contribution in [0.3, 0.4) is 0 Å². The molecule has 0 spiro atoms. The second kappa shape index (κ2) is 14.4. The Hall–Kier alpha value is -4.58. The van der Waals surface area contributed by atoms with Gasteiger partial charge in [0.1, 0.15) is 11.5 Å². The number of hydrogen-bond donors (Lipinski definition) is 4. The molecule has 1 atom stereocenters. The van der Waals surface area contributed by atoms with E-state index in [9.17, 15) is 22.5 Å². The number of aromatic nitrogens is 1. The van der Waals surface area contributed by atoms with Gasteiger partial charge in [-0.1, -0.05) is 36.4 Å². The summed E-state index contributed by atoms with van der Waals surface area (Å²) in [7, 11) is -4.02. The van der Waals surface area contributed by atoms with Gasteiger partial charge in [0.05, 0.1) is 5.56 Å². The van der Waals surface area contributed by atoms with Crippen LogP contribution in [0.4, 0.5) is 13.2 Å². The largest absolute Gasteiger partial charge is 0.490 e. The molecule has 224 valence electrons. The summed E-state index contributed by atoms with van der Waals surface area (Å²) in [6.45, 7) is 0.992. The fourth-order valence-electron chi connectivity index (χ4n) is 4.01. The summed E-state index contributed by atoms with van der Waals surface area (Å²) in [6, 6.07) is 20.8. The second-order valence-corrected chi connectivity index (χ2v) is 11.0. The SMILES string of the molecule is N=C(N)N1CCC(C(NC(=O)c2cccnc2)P(=O)(Oc2ccccc2)Oc2ccccc2)CC1.O=C(O)C(F)(F)F. The summed E-state index contributed by atoms with van der Waals surface area (Å²) >= 11 is 0. The molecular weight excluding hydrogens is 578 g/mol. The molecule has 2 heterocycles. The maximum absolute atomic E-state index is 14.6. The minimum atomic E-state index is -5.08. The third kappa shape index (κ3) is 9.23. The number of benzene rings is 2. The van der Waals surface area contributed by atoms with Gasteiger partial charge in [0.25, 0.3) is 5.91 Å². The van der Waals surface area contributed by atoms with Crippen LogP contribution in [0.15, 0.2) is 85.2 Å². The number of carboxylic acid groups (broad SMARTS) is 1. The number of nitrogens with two attached hydrogens (primary N) is 1. The van der Waals surface area contributed by atoms with Crippen LogP contribution in [0.5, 0.6) is 11.5 Å². The van der Waals surface area contributed by atoms with Crippen molar-refractivity contribution in [1.29, 1.82) is 5.41 Å². The molecule has 3 aromatic rings. The van der Waals surface area contributed by atoms with E-state index in [0.717, 1.165) is 0 Å². The van der Waals surface area contributed by atoms with Crippen LogP contribution in [-0.2, 0) is 9.36 Å². The van der Waals surface area contributed by atoms with E-state index in [4.69, 9.17) is 30.1 Å². The van der Waals surface area contributed by atoms with Gasteiger partial charge in [-0.15, -0.1) is 0 Å². The molecular formula is C27H29F3N5O6P. The molecule has 0 aliphatic carbocycles. The monoisotopic (exact) mass is 607 g/mol. The predicted octanol–water partition coefficient (Wildman–Crippen LogP) is 4.73. The molecule has 1 aliphatic rings. The molecule has 1 fully saturated rings. The highest BCUT2D eigenvalue weighted by Gasteiger charge is 2.46. The van der Waals surface area contributed by atoms with E-state index in [0.29, 0.717) is 43.0 Å². The lowest BCUT2D eigenvalue weighted by molar-refractivity contribution is -0.192. The number of alkyl halides is 3. The number of rotatable bonds is 8. The number of hydrogen-bond acceptors (Lipinski definition) is 7. The van der Waals surface area contributed by atoms with Gasteiger partial charge in [-0.05, 0) is 55.2 Å². The van der Waals surface area contributed by atoms with Crippen molar-refractivity contribution in [3.63, 3.8) is 0 Å². The van der Waals surface area contributed by atoms with Crippen molar-refractivity contribution in [3.05, 3.63) is 90.8 Å². The molecule has 1 saturated heterocycles. The Morgan fingerprint density at radius 2 is 1.50 bits per heavy atom. The topological polar surface area (TPSA) is 168 Å². The molecule has 5 N–H and O–H groups in total. The number of amides is 1. The van der Waals surface area contributed by atoms with Crippen LogP contribution >= 0.6 is 7.60 Å². The number of para-hydroxylation sites is 2. The molecule has 0 saturated carbocycles. The Bertz CT molecular complexity index is 1330. The summed E-state index contributed by atoms with van der Waals surface area (Å²) in [5.41, 5.74) is 6.00. The summed E-state index contributed by atoms with van der Waals surface area (Å²) < 4.78 is 58.4. The van der Waals surface area contributed by atoms with Gasteiger partial charge in [0, 0.05) is 25.5 Å². The zero-order valence-electron chi connectivity index (χ0n) is 22.1. The highest BCUT2D eigenvalue weighted by atomic mass is 31.2. The van der Waals surface area contributed by atoms with Gasteiger partial charge < -0.3 is 30.1 Å². The third-order valence-electron chi connectivity index (χ3n) is 6.06. The van der Waals surface area contributed by atoms with E-state index in [1.165, 1.54) is 6.20 Å². The molecule has 1 aliphatic heterocycles. The molecule has 4 rings (SSSR count). The van der Waals surface area contributed by atoms with E-state index >= 15 is 0 Å². The number of nitrogens with one attached hydrogen (secondary N) is 2. The van der Waals surface area contributed by atoms with E-state index in [-0.39, 0.29) is 11.9 Å². The Morgan fingerprint density at radius 1 is 1.00 bits per heavy atom. The van der Waals surface area contributed by atoms with Gasteiger partial charge in [-0.25, -0.2) is 9.36 Å². The first kappa shape index (κ1) is 31.9. The lowest BCUT2D eigenvalue weighted by atomic mass is 9.96. The minimum Gasteiger partial charge on any atom is -0.475 e. The number of carboxylic acids is 1. The van der Waals surface area contributed by atoms with E-state index in [1.807, 2.05) is 12.1 Å². The number of pyridine rings is 1. The minimum absolute atomic E-state index is 0.0105. The fraction of sp³-hybridized carbons (Fsp3) is 0.259. The molecule has 1 aromatic heterocycles. The number of likely N-dealkylation sites (tertiary alicyclic amines) is 1. The van der Waals surface area contributed by atoms with Gasteiger partial charge >= 0.3 is 19.7 Å². The van der Waals surface area contributed by atoms with Crippen LogP contribution in [0.2, 0.25) is 0 Å². The molecule has 2 aromatic carbocycles. The van der Waals surface area contributed by atoms with Gasteiger partial charge in [-0.3, -0.25) is 15.2 Å². The summed E-state index contributed by atoms with van der Waals surface area (Å²) in [5, 5.41) is 17.8. The van der Waals surface area contributed by atoms with Crippen LogP contribution < -0.4 is 20.1 Å². The van der Waals surface area contributed by atoms with Crippen molar-refractivity contribution in [2.75, 3.05) is 13.1 Å². The molecule has 11 nitrogen and oxygen atoms in total. The molecule has 1 amide bonds. The highest BCUT2D eigenvalue weighted by Crippen LogP contribution is 2.55. The molecule has 1 unspecified atom stereocenters.